The summed E-state index contributed by atoms with van der Waals surface area (Å²) < 4.78 is 0. The Morgan fingerprint density at radius 2 is 1.95 bits per heavy atom. The van der Waals surface area contributed by atoms with Crippen molar-refractivity contribution in [2.45, 2.75) is 59.3 Å². The SMILES string of the molecule is CCCCCNC(=O)CCNc1c(C)cccc1C(C)C. The van der Waals surface area contributed by atoms with E-state index in [0.717, 1.165) is 13.0 Å². The van der Waals surface area contributed by atoms with E-state index in [4.69, 9.17) is 0 Å². The van der Waals surface area contributed by atoms with Crippen LogP contribution in [0.25, 0.3) is 0 Å². The first kappa shape index (κ1) is 17.5. The molecule has 3 nitrogen and oxygen atoms in total. The predicted molar refractivity (Wildman–Crippen MR) is 90.9 cm³/mol. The Hall–Kier alpha value is -1.51. The van der Waals surface area contributed by atoms with Crippen LogP contribution >= 0.6 is 0 Å². The van der Waals surface area contributed by atoms with Crippen molar-refractivity contribution in [3.05, 3.63) is 29.3 Å². The van der Waals surface area contributed by atoms with E-state index >= 15 is 0 Å². The Balaban J connectivity index is 2.40. The van der Waals surface area contributed by atoms with Crippen LogP contribution in [0.4, 0.5) is 5.69 Å². The lowest BCUT2D eigenvalue weighted by Gasteiger charge is -2.17. The van der Waals surface area contributed by atoms with E-state index in [-0.39, 0.29) is 5.91 Å². The largest absolute Gasteiger partial charge is 0.384 e. The van der Waals surface area contributed by atoms with Crippen LogP contribution in [0, 0.1) is 6.92 Å². The van der Waals surface area contributed by atoms with Gasteiger partial charge >= 0.3 is 0 Å². The summed E-state index contributed by atoms with van der Waals surface area (Å²) in [5.41, 5.74) is 3.74. The Morgan fingerprint density at radius 1 is 1.19 bits per heavy atom. The number of benzene rings is 1. The first-order valence-electron chi connectivity index (χ1n) is 8.16. The predicted octanol–water partition coefficient (Wildman–Crippen LogP) is 4.23. The molecule has 0 saturated heterocycles. The van der Waals surface area contributed by atoms with Gasteiger partial charge in [0.15, 0.2) is 0 Å². The van der Waals surface area contributed by atoms with Crippen LogP contribution in [0.15, 0.2) is 18.2 Å². The molecule has 1 rings (SSSR count). The lowest BCUT2D eigenvalue weighted by atomic mass is 9.98. The number of unbranched alkanes of at least 4 members (excludes halogenated alkanes) is 2. The second-order valence-electron chi connectivity index (χ2n) is 5.93. The number of amides is 1. The standard InChI is InChI=1S/C18H30N2O/c1-5-6-7-12-19-17(21)11-13-20-18-15(4)9-8-10-16(18)14(2)3/h8-10,14,20H,5-7,11-13H2,1-4H3,(H,19,21). The van der Waals surface area contributed by atoms with E-state index in [9.17, 15) is 4.79 Å². The summed E-state index contributed by atoms with van der Waals surface area (Å²) in [7, 11) is 0. The summed E-state index contributed by atoms with van der Waals surface area (Å²) in [6.45, 7) is 10.2. The first-order chi connectivity index (χ1) is 10.1. The minimum absolute atomic E-state index is 0.137. The van der Waals surface area contributed by atoms with Gasteiger partial charge in [0.1, 0.15) is 0 Å². The van der Waals surface area contributed by atoms with E-state index < -0.39 is 0 Å². The summed E-state index contributed by atoms with van der Waals surface area (Å²) >= 11 is 0. The van der Waals surface area contributed by atoms with Crippen molar-refractivity contribution >= 4 is 11.6 Å². The van der Waals surface area contributed by atoms with Crippen LogP contribution < -0.4 is 10.6 Å². The number of nitrogens with one attached hydrogen (secondary N) is 2. The molecule has 0 radical (unpaired) electrons. The molecule has 1 aromatic rings. The van der Waals surface area contributed by atoms with E-state index in [1.807, 2.05) is 0 Å². The van der Waals surface area contributed by atoms with Gasteiger partial charge in [0, 0.05) is 25.2 Å². The molecule has 118 valence electrons. The lowest BCUT2D eigenvalue weighted by molar-refractivity contribution is -0.120. The fourth-order valence-electron chi connectivity index (χ4n) is 2.41. The highest BCUT2D eigenvalue weighted by Gasteiger charge is 2.09. The summed E-state index contributed by atoms with van der Waals surface area (Å²) in [5, 5.41) is 6.41. The number of hydrogen-bond donors (Lipinski definition) is 2. The maximum absolute atomic E-state index is 11.7. The van der Waals surface area contributed by atoms with E-state index in [0.29, 0.717) is 18.9 Å². The van der Waals surface area contributed by atoms with Gasteiger partial charge in [-0.25, -0.2) is 0 Å². The van der Waals surface area contributed by atoms with Gasteiger partial charge in [-0.3, -0.25) is 4.79 Å². The molecule has 0 bridgehead atoms. The van der Waals surface area contributed by atoms with Gasteiger partial charge in [-0.15, -0.1) is 0 Å². The van der Waals surface area contributed by atoms with Crippen molar-refractivity contribution in [1.29, 1.82) is 0 Å². The second kappa shape index (κ2) is 9.43. The fourth-order valence-corrected chi connectivity index (χ4v) is 2.41. The fraction of sp³-hybridized carbons (Fsp3) is 0.611. The van der Waals surface area contributed by atoms with E-state index in [1.54, 1.807) is 0 Å². The van der Waals surface area contributed by atoms with Crippen molar-refractivity contribution in [2.24, 2.45) is 0 Å². The zero-order valence-electron chi connectivity index (χ0n) is 14.0. The number of carbonyl (C=O) groups is 1. The Bertz CT molecular complexity index is 441. The molecule has 0 aliphatic carbocycles. The Morgan fingerprint density at radius 3 is 2.62 bits per heavy atom. The van der Waals surface area contributed by atoms with Gasteiger partial charge in [0.25, 0.3) is 0 Å². The number of aryl methyl sites for hydroxylation is 1. The number of carbonyl (C=O) groups excluding carboxylic acids is 1. The number of anilines is 1. The maximum Gasteiger partial charge on any atom is 0.221 e. The number of para-hydroxylation sites is 1. The molecule has 0 heterocycles. The zero-order chi connectivity index (χ0) is 15.7. The third kappa shape index (κ3) is 6.19. The molecule has 1 aromatic carbocycles. The van der Waals surface area contributed by atoms with Crippen molar-refractivity contribution in [1.82, 2.24) is 5.32 Å². The van der Waals surface area contributed by atoms with Crippen molar-refractivity contribution in [2.75, 3.05) is 18.4 Å². The van der Waals surface area contributed by atoms with Crippen molar-refractivity contribution in [3.8, 4) is 0 Å². The van der Waals surface area contributed by atoms with Crippen LogP contribution in [0.1, 0.15) is 63.5 Å². The third-order valence-corrected chi connectivity index (χ3v) is 3.68. The smallest absolute Gasteiger partial charge is 0.221 e. The molecular weight excluding hydrogens is 260 g/mol. The molecular formula is C18H30N2O. The van der Waals surface area contributed by atoms with Crippen LogP contribution in [0.5, 0.6) is 0 Å². The lowest BCUT2D eigenvalue weighted by Crippen LogP contribution is -2.26. The van der Waals surface area contributed by atoms with Crippen molar-refractivity contribution in [3.63, 3.8) is 0 Å². The molecule has 1 amide bonds. The number of rotatable bonds is 9. The van der Waals surface area contributed by atoms with Gasteiger partial charge in [0.2, 0.25) is 5.91 Å². The molecule has 21 heavy (non-hydrogen) atoms. The van der Waals surface area contributed by atoms with Gasteiger partial charge in [-0.2, -0.15) is 0 Å². The summed E-state index contributed by atoms with van der Waals surface area (Å²) in [6.07, 6.45) is 3.96. The Kier molecular flexibility index (Phi) is 7.88. The zero-order valence-corrected chi connectivity index (χ0v) is 14.0. The molecule has 0 aromatic heterocycles. The van der Waals surface area contributed by atoms with Gasteiger partial charge in [-0.1, -0.05) is 51.8 Å². The van der Waals surface area contributed by atoms with Crippen LogP contribution in [-0.4, -0.2) is 19.0 Å². The van der Waals surface area contributed by atoms with Gasteiger partial charge in [-0.05, 0) is 30.4 Å². The van der Waals surface area contributed by atoms with Crippen LogP contribution in [0.3, 0.4) is 0 Å². The van der Waals surface area contributed by atoms with E-state index in [1.165, 1.54) is 29.7 Å². The van der Waals surface area contributed by atoms with Gasteiger partial charge in [0.05, 0.1) is 0 Å². The molecule has 0 fully saturated rings. The minimum Gasteiger partial charge on any atom is -0.384 e. The molecule has 0 saturated carbocycles. The average molecular weight is 290 g/mol. The number of hydrogen-bond acceptors (Lipinski definition) is 2. The molecule has 0 atom stereocenters. The highest BCUT2D eigenvalue weighted by atomic mass is 16.1. The monoisotopic (exact) mass is 290 g/mol. The third-order valence-electron chi connectivity index (χ3n) is 3.68. The minimum atomic E-state index is 0.137. The maximum atomic E-state index is 11.7. The van der Waals surface area contributed by atoms with Gasteiger partial charge < -0.3 is 10.6 Å². The molecule has 0 spiro atoms. The molecule has 3 heteroatoms. The quantitative estimate of drug-likeness (QED) is 0.668. The normalized spacial score (nSPS) is 10.7. The summed E-state index contributed by atoms with van der Waals surface area (Å²) in [4.78, 5) is 11.7. The molecule has 0 aliphatic heterocycles. The second-order valence-corrected chi connectivity index (χ2v) is 5.93. The van der Waals surface area contributed by atoms with Crippen LogP contribution in [-0.2, 0) is 4.79 Å². The summed E-state index contributed by atoms with van der Waals surface area (Å²) in [6, 6.07) is 6.36. The van der Waals surface area contributed by atoms with Crippen LogP contribution in [0.2, 0.25) is 0 Å². The Labute approximate surface area is 129 Å². The van der Waals surface area contributed by atoms with Crippen molar-refractivity contribution < 1.29 is 4.79 Å². The van der Waals surface area contributed by atoms with E-state index in [2.05, 4.69) is 56.5 Å². The first-order valence-corrected chi connectivity index (χ1v) is 8.16. The highest BCUT2D eigenvalue weighted by molar-refractivity contribution is 5.76. The average Bonchev–Trinajstić information content (AvgIpc) is 2.45. The topological polar surface area (TPSA) is 41.1 Å². The molecule has 0 aliphatic rings. The molecule has 0 unspecified atom stereocenters. The molecule has 2 N–H and O–H groups in total. The highest BCUT2D eigenvalue weighted by Crippen LogP contribution is 2.27. The summed E-state index contributed by atoms with van der Waals surface area (Å²) in [5.74, 6) is 0.619.